The maximum absolute atomic E-state index is 13.6. The summed E-state index contributed by atoms with van der Waals surface area (Å²) in [5, 5.41) is 0. The van der Waals surface area contributed by atoms with Gasteiger partial charge in [0, 0.05) is 13.0 Å². The van der Waals surface area contributed by atoms with Crippen molar-refractivity contribution in [3.8, 4) is 11.5 Å². The summed E-state index contributed by atoms with van der Waals surface area (Å²) in [6.07, 6.45) is 2.11. The van der Waals surface area contributed by atoms with Crippen molar-refractivity contribution < 1.29 is 26.7 Å². The number of benzene rings is 2. The lowest BCUT2D eigenvalue weighted by Crippen LogP contribution is -2.30. The quantitative estimate of drug-likeness (QED) is 0.796. The lowest BCUT2D eigenvalue weighted by Gasteiger charge is -2.25. The van der Waals surface area contributed by atoms with E-state index in [9.17, 15) is 17.2 Å². The highest BCUT2D eigenvalue weighted by atomic mass is 32.2. The number of hydrogen-bond acceptors (Lipinski definition) is 4. The topological polar surface area (TPSA) is 55.8 Å². The highest BCUT2D eigenvalue weighted by Crippen LogP contribution is 2.40. The lowest BCUT2D eigenvalue weighted by atomic mass is 10.0. The molecule has 2 aromatic rings. The number of sulfonamides is 1. The Balaban J connectivity index is 1.68. The molecule has 0 aromatic heterocycles. The molecule has 27 heavy (non-hydrogen) atoms. The van der Waals surface area contributed by atoms with Crippen molar-refractivity contribution in [2.75, 3.05) is 19.8 Å². The van der Waals surface area contributed by atoms with Gasteiger partial charge in [0.25, 0.3) is 0 Å². The molecule has 0 N–H and O–H groups in total. The molecule has 1 fully saturated rings. The highest BCUT2D eigenvalue weighted by molar-refractivity contribution is 7.89. The SMILES string of the molecule is O=S(=O)(c1ccc(F)c(F)c1)N1CCC[C@@H]1c1ccc2c(c1)OCCCO2. The number of fused-ring (bicyclic) bond motifs is 1. The van der Waals surface area contributed by atoms with E-state index < -0.39 is 21.7 Å². The van der Waals surface area contributed by atoms with Gasteiger partial charge in [-0.05, 0) is 48.7 Å². The maximum Gasteiger partial charge on any atom is 0.243 e. The van der Waals surface area contributed by atoms with Crippen LogP contribution in [0.15, 0.2) is 41.3 Å². The van der Waals surface area contributed by atoms with E-state index in [2.05, 4.69) is 0 Å². The first-order valence-corrected chi connectivity index (χ1v) is 10.3. The molecule has 0 spiro atoms. The Bertz CT molecular complexity index is 964. The van der Waals surface area contributed by atoms with E-state index in [1.165, 1.54) is 4.31 Å². The average Bonchev–Trinajstić information content (AvgIpc) is 3.04. The van der Waals surface area contributed by atoms with Gasteiger partial charge in [0.1, 0.15) is 0 Å². The molecule has 2 aliphatic heterocycles. The fraction of sp³-hybridized carbons (Fsp3) is 0.368. The van der Waals surface area contributed by atoms with Crippen LogP contribution in [0.25, 0.3) is 0 Å². The molecule has 144 valence electrons. The van der Waals surface area contributed by atoms with Crippen molar-refractivity contribution in [2.24, 2.45) is 0 Å². The van der Waals surface area contributed by atoms with Gasteiger partial charge in [-0.1, -0.05) is 6.07 Å². The Morgan fingerprint density at radius 2 is 1.70 bits per heavy atom. The largest absolute Gasteiger partial charge is 0.490 e. The van der Waals surface area contributed by atoms with E-state index in [1.807, 2.05) is 12.1 Å². The van der Waals surface area contributed by atoms with Crippen molar-refractivity contribution in [3.63, 3.8) is 0 Å². The van der Waals surface area contributed by atoms with Crippen LogP contribution in [0.1, 0.15) is 30.9 Å². The van der Waals surface area contributed by atoms with Crippen LogP contribution in [0.4, 0.5) is 8.78 Å². The summed E-state index contributed by atoms with van der Waals surface area (Å²) in [7, 11) is -3.95. The highest BCUT2D eigenvalue weighted by Gasteiger charge is 2.37. The molecule has 0 bridgehead atoms. The molecule has 2 aromatic carbocycles. The van der Waals surface area contributed by atoms with Crippen molar-refractivity contribution in [3.05, 3.63) is 53.6 Å². The van der Waals surface area contributed by atoms with Crippen LogP contribution in [-0.4, -0.2) is 32.5 Å². The Morgan fingerprint density at radius 3 is 2.48 bits per heavy atom. The zero-order valence-corrected chi connectivity index (χ0v) is 15.3. The minimum atomic E-state index is -3.95. The first kappa shape index (κ1) is 18.2. The number of ether oxygens (including phenoxy) is 2. The Hall–Kier alpha value is -2.19. The van der Waals surface area contributed by atoms with E-state index >= 15 is 0 Å². The molecular weight excluding hydrogens is 376 g/mol. The van der Waals surface area contributed by atoms with E-state index in [4.69, 9.17) is 9.47 Å². The second kappa shape index (κ2) is 7.09. The minimum Gasteiger partial charge on any atom is -0.490 e. The number of nitrogens with zero attached hydrogens (tertiary/aromatic N) is 1. The standard InChI is InChI=1S/C19H19F2NO4S/c20-15-6-5-14(12-16(15)21)27(23,24)22-8-1-3-17(22)13-4-7-18-19(11-13)26-10-2-9-25-18/h4-7,11-12,17H,1-3,8-10H2/t17-/m1/s1. The van der Waals surface area contributed by atoms with Crippen molar-refractivity contribution >= 4 is 10.0 Å². The molecule has 8 heteroatoms. The summed E-state index contributed by atoms with van der Waals surface area (Å²) in [6.45, 7) is 1.44. The molecule has 0 saturated carbocycles. The summed E-state index contributed by atoms with van der Waals surface area (Å²) in [4.78, 5) is -0.248. The summed E-state index contributed by atoms with van der Waals surface area (Å²) < 4.78 is 65.4. The Morgan fingerprint density at radius 1 is 0.926 bits per heavy atom. The summed E-state index contributed by atoms with van der Waals surface area (Å²) in [5.74, 6) is -1.01. The van der Waals surface area contributed by atoms with Gasteiger partial charge in [-0.25, -0.2) is 17.2 Å². The van der Waals surface area contributed by atoms with Gasteiger partial charge in [-0.2, -0.15) is 4.31 Å². The van der Waals surface area contributed by atoms with Crippen LogP contribution in [-0.2, 0) is 10.0 Å². The van der Waals surface area contributed by atoms with Gasteiger partial charge >= 0.3 is 0 Å². The predicted octanol–water partition coefficient (Wildman–Crippen LogP) is 3.65. The Labute approximate surface area is 156 Å². The molecule has 0 unspecified atom stereocenters. The minimum absolute atomic E-state index is 0.248. The fourth-order valence-electron chi connectivity index (χ4n) is 3.52. The first-order valence-electron chi connectivity index (χ1n) is 8.83. The van der Waals surface area contributed by atoms with Crippen LogP contribution in [0.3, 0.4) is 0 Å². The van der Waals surface area contributed by atoms with Crippen LogP contribution >= 0.6 is 0 Å². The summed E-state index contributed by atoms with van der Waals surface area (Å²) in [6, 6.07) is 7.70. The molecule has 2 heterocycles. The van der Waals surface area contributed by atoms with E-state index in [0.29, 0.717) is 44.1 Å². The van der Waals surface area contributed by atoms with E-state index in [1.54, 1.807) is 6.07 Å². The smallest absolute Gasteiger partial charge is 0.243 e. The molecule has 2 aliphatic rings. The summed E-state index contributed by atoms with van der Waals surface area (Å²) >= 11 is 0. The second-order valence-corrected chi connectivity index (χ2v) is 8.50. The lowest BCUT2D eigenvalue weighted by molar-refractivity contribution is 0.296. The monoisotopic (exact) mass is 395 g/mol. The molecule has 1 atom stereocenters. The van der Waals surface area contributed by atoms with Crippen molar-refractivity contribution in [1.29, 1.82) is 0 Å². The zero-order chi connectivity index (χ0) is 19.0. The normalized spacial score (nSPS) is 20.4. The molecule has 4 rings (SSSR count). The van der Waals surface area contributed by atoms with E-state index in [0.717, 1.165) is 30.2 Å². The van der Waals surface area contributed by atoms with Gasteiger partial charge in [0.15, 0.2) is 23.1 Å². The second-order valence-electron chi connectivity index (χ2n) is 6.61. The summed E-state index contributed by atoms with van der Waals surface area (Å²) in [5.41, 5.74) is 0.794. The van der Waals surface area contributed by atoms with Gasteiger partial charge < -0.3 is 9.47 Å². The number of hydrogen-bond donors (Lipinski definition) is 0. The zero-order valence-electron chi connectivity index (χ0n) is 14.5. The average molecular weight is 395 g/mol. The molecular formula is C19H19F2NO4S. The third kappa shape index (κ3) is 3.39. The van der Waals surface area contributed by atoms with Gasteiger partial charge in [0.2, 0.25) is 10.0 Å². The maximum atomic E-state index is 13.6. The van der Waals surface area contributed by atoms with Crippen LogP contribution in [0, 0.1) is 11.6 Å². The third-order valence-corrected chi connectivity index (χ3v) is 6.76. The van der Waals surface area contributed by atoms with Crippen molar-refractivity contribution in [2.45, 2.75) is 30.2 Å². The van der Waals surface area contributed by atoms with Crippen molar-refractivity contribution in [1.82, 2.24) is 4.31 Å². The molecule has 5 nitrogen and oxygen atoms in total. The van der Waals surface area contributed by atoms with Crippen LogP contribution < -0.4 is 9.47 Å². The molecule has 0 amide bonds. The fourth-order valence-corrected chi connectivity index (χ4v) is 5.22. The predicted molar refractivity (Wildman–Crippen MR) is 94.3 cm³/mol. The number of halogens is 2. The molecule has 1 saturated heterocycles. The van der Waals surface area contributed by atoms with Gasteiger partial charge in [-0.15, -0.1) is 0 Å². The van der Waals surface area contributed by atoms with Crippen LogP contribution in [0.5, 0.6) is 11.5 Å². The van der Waals surface area contributed by atoms with Crippen LogP contribution in [0.2, 0.25) is 0 Å². The molecule has 0 aliphatic carbocycles. The van der Waals surface area contributed by atoms with E-state index in [-0.39, 0.29) is 10.9 Å². The third-order valence-electron chi connectivity index (χ3n) is 4.86. The Kier molecular flexibility index (Phi) is 4.77. The van der Waals surface area contributed by atoms with Gasteiger partial charge in [-0.3, -0.25) is 0 Å². The molecule has 0 radical (unpaired) electrons. The first-order chi connectivity index (χ1) is 13.0. The van der Waals surface area contributed by atoms with Gasteiger partial charge in [0.05, 0.1) is 24.2 Å². The number of rotatable bonds is 3.